The first-order valence-corrected chi connectivity index (χ1v) is 7.79. The fourth-order valence-electron chi connectivity index (χ4n) is 2.39. The number of benzene rings is 1. The number of nitro benzene ring substituents is 1. The van der Waals surface area contributed by atoms with Crippen molar-refractivity contribution < 1.29 is 19.2 Å². The maximum absolute atomic E-state index is 12.2. The van der Waals surface area contributed by atoms with Crippen LogP contribution in [-0.4, -0.2) is 34.6 Å². The molecule has 0 saturated heterocycles. The molecule has 0 saturated carbocycles. The summed E-state index contributed by atoms with van der Waals surface area (Å²) in [6.07, 6.45) is 1.36. The van der Waals surface area contributed by atoms with E-state index in [-0.39, 0.29) is 18.0 Å². The number of hydrazone groups is 1. The first-order valence-electron chi connectivity index (χ1n) is 7.79. The van der Waals surface area contributed by atoms with Gasteiger partial charge in [0.15, 0.2) is 0 Å². The summed E-state index contributed by atoms with van der Waals surface area (Å²) in [5, 5.41) is 14.4. The van der Waals surface area contributed by atoms with E-state index in [1.165, 1.54) is 30.5 Å². The molecule has 0 atom stereocenters. The summed E-state index contributed by atoms with van der Waals surface area (Å²) in [6.45, 7) is 5.26. The number of carbonyl (C=O) groups excluding carboxylic acids is 2. The van der Waals surface area contributed by atoms with Gasteiger partial charge in [0.05, 0.1) is 23.3 Å². The lowest BCUT2D eigenvalue weighted by atomic mass is 10.1. The molecule has 0 fully saturated rings. The van der Waals surface area contributed by atoms with Gasteiger partial charge in [-0.1, -0.05) is 0 Å². The van der Waals surface area contributed by atoms with Gasteiger partial charge in [0, 0.05) is 17.8 Å². The Hall–Kier alpha value is -3.49. The second-order valence-electron chi connectivity index (χ2n) is 5.39. The number of H-pyrrole nitrogens is 1. The van der Waals surface area contributed by atoms with E-state index in [1.54, 1.807) is 20.8 Å². The normalized spacial score (nSPS) is 10.7. The molecule has 9 heteroatoms. The molecule has 1 aromatic heterocycles. The summed E-state index contributed by atoms with van der Waals surface area (Å²) in [4.78, 5) is 37.2. The number of hydrogen-bond donors (Lipinski definition) is 2. The van der Waals surface area contributed by atoms with Crippen molar-refractivity contribution in [2.24, 2.45) is 5.10 Å². The molecule has 1 amide bonds. The largest absolute Gasteiger partial charge is 0.462 e. The molecule has 136 valence electrons. The van der Waals surface area contributed by atoms with Gasteiger partial charge in [-0.2, -0.15) is 5.10 Å². The SMILES string of the molecule is CCOC(=O)c1c(C)[nH]c(C(=O)NN=Cc2ccc([N+](=O)[O-])cc2)c1C. The Morgan fingerprint density at radius 3 is 2.54 bits per heavy atom. The van der Waals surface area contributed by atoms with Crippen LogP contribution < -0.4 is 5.43 Å². The molecule has 9 nitrogen and oxygen atoms in total. The van der Waals surface area contributed by atoms with E-state index in [4.69, 9.17) is 4.74 Å². The van der Waals surface area contributed by atoms with Crippen LogP contribution in [0.3, 0.4) is 0 Å². The van der Waals surface area contributed by atoms with Crippen molar-refractivity contribution >= 4 is 23.8 Å². The highest BCUT2D eigenvalue weighted by Gasteiger charge is 2.22. The Labute approximate surface area is 149 Å². The van der Waals surface area contributed by atoms with Crippen molar-refractivity contribution in [2.45, 2.75) is 20.8 Å². The number of ether oxygens (including phenoxy) is 1. The lowest BCUT2D eigenvalue weighted by Crippen LogP contribution is -2.19. The van der Waals surface area contributed by atoms with Gasteiger partial charge < -0.3 is 9.72 Å². The zero-order chi connectivity index (χ0) is 19.3. The second-order valence-corrected chi connectivity index (χ2v) is 5.39. The third-order valence-corrected chi connectivity index (χ3v) is 3.63. The summed E-state index contributed by atoms with van der Waals surface area (Å²) < 4.78 is 4.98. The molecular weight excluding hydrogens is 340 g/mol. The van der Waals surface area contributed by atoms with Gasteiger partial charge >= 0.3 is 5.97 Å². The summed E-state index contributed by atoms with van der Waals surface area (Å²) >= 11 is 0. The summed E-state index contributed by atoms with van der Waals surface area (Å²) in [6, 6.07) is 5.70. The van der Waals surface area contributed by atoms with Crippen LogP contribution >= 0.6 is 0 Å². The molecule has 2 N–H and O–H groups in total. The minimum absolute atomic E-state index is 0.0323. The van der Waals surface area contributed by atoms with Gasteiger partial charge in [0.25, 0.3) is 11.6 Å². The number of esters is 1. The van der Waals surface area contributed by atoms with Gasteiger partial charge in [-0.05, 0) is 44.0 Å². The molecule has 0 aliphatic rings. The Bertz CT molecular complexity index is 868. The number of hydrogen-bond acceptors (Lipinski definition) is 6. The molecule has 0 radical (unpaired) electrons. The fourth-order valence-corrected chi connectivity index (χ4v) is 2.39. The average Bonchev–Trinajstić information content (AvgIpc) is 2.90. The standard InChI is InChI=1S/C17H18N4O5/c1-4-26-17(23)14-10(2)15(19-11(14)3)16(22)20-18-9-12-5-7-13(8-6-12)21(24)25/h5-9,19H,4H2,1-3H3,(H,20,22). The number of aromatic amines is 1. The molecule has 0 aliphatic carbocycles. The highest BCUT2D eigenvalue weighted by molar-refractivity contribution is 6.00. The number of carbonyl (C=O) groups is 2. The minimum Gasteiger partial charge on any atom is -0.462 e. The predicted octanol–water partition coefficient (Wildman–Crippen LogP) is 2.48. The first-order chi connectivity index (χ1) is 12.3. The maximum Gasteiger partial charge on any atom is 0.340 e. The van der Waals surface area contributed by atoms with E-state index in [0.29, 0.717) is 22.4 Å². The van der Waals surface area contributed by atoms with Crippen LogP contribution in [0.25, 0.3) is 0 Å². The van der Waals surface area contributed by atoms with Crippen LogP contribution in [0.15, 0.2) is 29.4 Å². The third-order valence-electron chi connectivity index (χ3n) is 3.63. The molecular formula is C17H18N4O5. The summed E-state index contributed by atoms with van der Waals surface area (Å²) in [5.74, 6) is -1.01. The smallest absolute Gasteiger partial charge is 0.340 e. The molecule has 0 spiro atoms. The number of aromatic nitrogens is 1. The fraction of sp³-hybridized carbons (Fsp3) is 0.235. The highest BCUT2D eigenvalue weighted by Crippen LogP contribution is 2.19. The van der Waals surface area contributed by atoms with Gasteiger partial charge in [-0.3, -0.25) is 14.9 Å². The van der Waals surface area contributed by atoms with Gasteiger partial charge in [0.2, 0.25) is 0 Å². The summed E-state index contributed by atoms with van der Waals surface area (Å²) in [7, 11) is 0. The topological polar surface area (TPSA) is 127 Å². The van der Waals surface area contributed by atoms with E-state index in [9.17, 15) is 19.7 Å². The van der Waals surface area contributed by atoms with E-state index in [0.717, 1.165) is 0 Å². The molecule has 2 aromatic rings. The molecule has 2 rings (SSSR count). The maximum atomic E-state index is 12.2. The first kappa shape index (κ1) is 18.8. The summed E-state index contributed by atoms with van der Waals surface area (Å²) in [5.41, 5.74) is 4.46. The van der Waals surface area contributed by atoms with Crippen molar-refractivity contribution in [3.05, 3.63) is 62.5 Å². The van der Waals surface area contributed by atoms with Crippen LogP contribution in [0, 0.1) is 24.0 Å². The van der Waals surface area contributed by atoms with E-state index in [2.05, 4.69) is 15.5 Å². The van der Waals surface area contributed by atoms with Crippen LogP contribution in [0.4, 0.5) is 5.69 Å². The number of rotatable bonds is 6. The highest BCUT2D eigenvalue weighted by atomic mass is 16.6. The van der Waals surface area contributed by atoms with Crippen molar-refractivity contribution in [3.8, 4) is 0 Å². The van der Waals surface area contributed by atoms with E-state index in [1.807, 2.05) is 0 Å². The lowest BCUT2D eigenvalue weighted by Gasteiger charge is -2.02. The Morgan fingerprint density at radius 1 is 1.31 bits per heavy atom. The van der Waals surface area contributed by atoms with Crippen molar-refractivity contribution in [3.63, 3.8) is 0 Å². The Kier molecular flexibility index (Phi) is 5.84. The Balaban J connectivity index is 2.09. The number of nitrogens with one attached hydrogen (secondary N) is 2. The van der Waals surface area contributed by atoms with Crippen LogP contribution in [0.5, 0.6) is 0 Å². The number of nitro groups is 1. The molecule has 1 aromatic carbocycles. The molecule has 26 heavy (non-hydrogen) atoms. The zero-order valence-corrected chi connectivity index (χ0v) is 14.5. The van der Waals surface area contributed by atoms with Crippen LogP contribution in [0.1, 0.15) is 44.6 Å². The minimum atomic E-state index is -0.515. The molecule has 0 unspecified atom stereocenters. The van der Waals surface area contributed by atoms with E-state index >= 15 is 0 Å². The van der Waals surface area contributed by atoms with E-state index < -0.39 is 16.8 Å². The number of aryl methyl sites for hydroxylation is 1. The average molecular weight is 358 g/mol. The second kappa shape index (κ2) is 8.06. The molecule has 1 heterocycles. The Morgan fingerprint density at radius 2 is 1.96 bits per heavy atom. The lowest BCUT2D eigenvalue weighted by molar-refractivity contribution is -0.384. The number of nitrogens with zero attached hydrogens (tertiary/aromatic N) is 2. The number of non-ortho nitro benzene ring substituents is 1. The van der Waals surface area contributed by atoms with Gasteiger partial charge in [0.1, 0.15) is 5.69 Å². The van der Waals surface area contributed by atoms with Crippen LogP contribution in [-0.2, 0) is 4.74 Å². The molecule has 0 bridgehead atoms. The third kappa shape index (κ3) is 4.12. The monoisotopic (exact) mass is 358 g/mol. The van der Waals surface area contributed by atoms with Crippen molar-refractivity contribution in [1.82, 2.24) is 10.4 Å². The van der Waals surface area contributed by atoms with Gasteiger partial charge in [-0.25, -0.2) is 10.2 Å². The quantitative estimate of drug-likeness (QED) is 0.355. The van der Waals surface area contributed by atoms with Gasteiger partial charge in [-0.15, -0.1) is 0 Å². The van der Waals surface area contributed by atoms with Crippen molar-refractivity contribution in [2.75, 3.05) is 6.61 Å². The van der Waals surface area contributed by atoms with Crippen molar-refractivity contribution in [1.29, 1.82) is 0 Å². The number of amides is 1. The zero-order valence-electron chi connectivity index (χ0n) is 14.5. The van der Waals surface area contributed by atoms with Crippen LogP contribution in [0.2, 0.25) is 0 Å². The molecule has 0 aliphatic heterocycles. The predicted molar refractivity (Wildman–Crippen MR) is 94.4 cm³/mol.